The molecule has 0 saturated carbocycles. The minimum atomic E-state index is -1.23. The molecule has 0 aliphatic carbocycles. The minimum Gasteiger partial charge on any atom is -0.387 e. The van der Waals surface area contributed by atoms with Crippen LogP contribution in [0.2, 0.25) is 0 Å². The molecule has 3 nitrogen and oxygen atoms in total. The zero-order chi connectivity index (χ0) is 12.8. The molecule has 2 N–H and O–H groups in total. The average molecular weight is 310 g/mol. The number of aliphatic hydroxyl groups is 1. The quantitative estimate of drug-likeness (QED) is 0.624. The van der Waals surface area contributed by atoms with Crippen LogP contribution in [0.25, 0.3) is 0 Å². The topological polar surface area (TPSA) is 41.5 Å². The van der Waals surface area contributed by atoms with Gasteiger partial charge in [-0.15, -0.1) is 0 Å². The Morgan fingerprint density at radius 2 is 2.18 bits per heavy atom. The van der Waals surface area contributed by atoms with E-state index in [0.717, 1.165) is 6.07 Å². The molecular weight excluding hydrogens is 296 g/mol. The number of aliphatic hydroxyl groups excluding tert-OH is 1. The molecule has 6 heteroatoms. The molecule has 0 radical (unpaired) electrons. The lowest BCUT2D eigenvalue weighted by Crippen LogP contribution is -2.26. The van der Waals surface area contributed by atoms with Gasteiger partial charge in [0, 0.05) is 20.2 Å². The molecule has 0 aliphatic heterocycles. The predicted molar refractivity (Wildman–Crippen MR) is 63.8 cm³/mol. The number of methoxy groups -OCH3 is 1. The van der Waals surface area contributed by atoms with Gasteiger partial charge in [-0.25, -0.2) is 8.78 Å². The molecule has 1 aromatic rings. The summed E-state index contributed by atoms with van der Waals surface area (Å²) in [6, 6.07) is 2.38. The van der Waals surface area contributed by atoms with Gasteiger partial charge in [0.15, 0.2) is 0 Å². The van der Waals surface area contributed by atoms with Gasteiger partial charge in [0.1, 0.15) is 11.6 Å². The first kappa shape index (κ1) is 14.5. The number of halogens is 3. The minimum absolute atomic E-state index is 0.0631. The second kappa shape index (κ2) is 7.00. The smallest absolute Gasteiger partial charge is 0.146 e. The van der Waals surface area contributed by atoms with Gasteiger partial charge in [-0.05, 0) is 28.1 Å². The predicted octanol–water partition coefficient (Wildman–Crippen LogP) is 2.00. The van der Waals surface area contributed by atoms with Crippen molar-refractivity contribution in [1.82, 2.24) is 5.32 Å². The van der Waals surface area contributed by atoms with Gasteiger partial charge >= 0.3 is 0 Å². The van der Waals surface area contributed by atoms with Crippen LogP contribution in [0, 0.1) is 11.6 Å². The van der Waals surface area contributed by atoms with Gasteiger partial charge in [0.25, 0.3) is 0 Å². The molecule has 1 unspecified atom stereocenters. The van der Waals surface area contributed by atoms with Crippen molar-refractivity contribution in [2.24, 2.45) is 0 Å². The Labute approximate surface area is 107 Å². The van der Waals surface area contributed by atoms with Crippen LogP contribution in [0.3, 0.4) is 0 Å². The highest BCUT2D eigenvalue weighted by atomic mass is 79.9. The summed E-state index contributed by atoms with van der Waals surface area (Å²) in [5, 5.41) is 12.5. The third-order valence-electron chi connectivity index (χ3n) is 2.23. The highest BCUT2D eigenvalue weighted by Crippen LogP contribution is 2.26. The van der Waals surface area contributed by atoms with E-state index in [9.17, 15) is 13.9 Å². The average Bonchev–Trinajstić information content (AvgIpc) is 2.30. The van der Waals surface area contributed by atoms with Crippen molar-refractivity contribution < 1.29 is 18.6 Å². The van der Waals surface area contributed by atoms with Crippen LogP contribution >= 0.6 is 15.9 Å². The van der Waals surface area contributed by atoms with E-state index in [1.807, 2.05) is 0 Å². The van der Waals surface area contributed by atoms with E-state index in [2.05, 4.69) is 21.2 Å². The maximum atomic E-state index is 13.6. The van der Waals surface area contributed by atoms with Crippen LogP contribution in [0.5, 0.6) is 0 Å². The van der Waals surface area contributed by atoms with Crippen LogP contribution in [0.1, 0.15) is 11.7 Å². The Morgan fingerprint density at radius 1 is 1.47 bits per heavy atom. The fourth-order valence-corrected chi connectivity index (χ4v) is 1.71. The fraction of sp³-hybridized carbons (Fsp3) is 0.455. The fourth-order valence-electron chi connectivity index (χ4n) is 1.36. The Kier molecular flexibility index (Phi) is 5.97. The van der Waals surface area contributed by atoms with E-state index in [1.54, 1.807) is 7.11 Å². The molecule has 17 heavy (non-hydrogen) atoms. The van der Waals surface area contributed by atoms with Gasteiger partial charge in [-0.3, -0.25) is 0 Å². The second-order valence-electron chi connectivity index (χ2n) is 3.47. The van der Waals surface area contributed by atoms with Crippen molar-refractivity contribution in [3.05, 3.63) is 33.8 Å². The first-order valence-corrected chi connectivity index (χ1v) is 5.88. The van der Waals surface area contributed by atoms with E-state index in [4.69, 9.17) is 4.74 Å². The lowest BCUT2D eigenvalue weighted by Gasteiger charge is -2.14. The molecule has 0 amide bonds. The highest BCUT2D eigenvalue weighted by molar-refractivity contribution is 9.10. The van der Waals surface area contributed by atoms with Gasteiger partial charge in [-0.1, -0.05) is 0 Å². The van der Waals surface area contributed by atoms with Crippen molar-refractivity contribution in [1.29, 1.82) is 0 Å². The van der Waals surface area contributed by atoms with Crippen LogP contribution < -0.4 is 5.32 Å². The zero-order valence-electron chi connectivity index (χ0n) is 9.34. The second-order valence-corrected chi connectivity index (χ2v) is 4.32. The Bertz CT molecular complexity index is 377. The van der Waals surface area contributed by atoms with Crippen LogP contribution in [0.15, 0.2) is 16.6 Å². The van der Waals surface area contributed by atoms with Crippen LogP contribution in [-0.2, 0) is 4.74 Å². The largest absolute Gasteiger partial charge is 0.387 e. The van der Waals surface area contributed by atoms with Gasteiger partial charge in [0.2, 0.25) is 0 Å². The number of hydrogen-bond acceptors (Lipinski definition) is 3. The summed E-state index contributed by atoms with van der Waals surface area (Å²) >= 11 is 2.95. The monoisotopic (exact) mass is 309 g/mol. The van der Waals surface area contributed by atoms with E-state index in [0.29, 0.717) is 13.2 Å². The summed E-state index contributed by atoms with van der Waals surface area (Å²) in [6.45, 7) is 1.04. The molecule has 0 saturated heterocycles. The number of ether oxygens (including phenoxy) is 1. The Balaban J connectivity index is 2.68. The SMILES string of the molecule is COCCNCC(O)c1c(F)ccc(Br)c1F. The zero-order valence-corrected chi connectivity index (χ0v) is 10.9. The molecule has 0 aliphatic rings. The molecular formula is C11H14BrF2NO2. The molecule has 0 heterocycles. The number of hydrogen-bond donors (Lipinski definition) is 2. The molecule has 1 aromatic carbocycles. The lowest BCUT2D eigenvalue weighted by atomic mass is 10.1. The first-order chi connectivity index (χ1) is 8.07. The van der Waals surface area contributed by atoms with Crippen molar-refractivity contribution in [3.8, 4) is 0 Å². The van der Waals surface area contributed by atoms with Crippen molar-refractivity contribution >= 4 is 15.9 Å². The normalized spacial score (nSPS) is 12.8. The molecule has 0 fully saturated rings. The third-order valence-corrected chi connectivity index (χ3v) is 2.85. The number of rotatable bonds is 6. The van der Waals surface area contributed by atoms with E-state index >= 15 is 0 Å². The lowest BCUT2D eigenvalue weighted by molar-refractivity contribution is 0.154. The summed E-state index contributed by atoms with van der Waals surface area (Å²) in [6.07, 6.45) is -1.23. The first-order valence-electron chi connectivity index (χ1n) is 5.09. The van der Waals surface area contributed by atoms with Crippen LogP contribution in [-0.4, -0.2) is 31.9 Å². The highest BCUT2D eigenvalue weighted by Gasteiger charge is 2.19. The molecule has 0 spiro atoms. The standard InChI is InChI=1S/C11H14BrF2NO2/c1-17-5-4-15-6-9(16)10-8(13)3-2-7(12)11(10)14/h2-3,9,15-16H,4-6H2,1H3. The molecule has 1 atom stereocenters. The van der Waals surface area contributed by atoms with Crippen molar-refractivity contribution in [2.75, 3.05) is 26.8 Å². The summed E-state index contributed by atoms with van der Waals surface area (Å²) in [7, 11) is 1.55. The van der Waals surface area contributed by atoms with Crippen molar-refractivity contribution in [3.63, 3.8) is 0 Å². The summed E-state index contributed by atoms with van der Waals surface area (Å²) in [5.74, 6) is -1.53. The maximum Gasteiger partial charge on any atom is 0.146 e. The van der Waals surface area contributed by atoms with E-state index in [1.165, 1.54) is 6.07 Å². The van der Waals surface area contributed by atoms with Crippen molar-refractivity contribution in [2.45, 2.75) is 6.10 Å². The summed E-state index contributed by atoms with van der Waals surface area (Å²) < 4.78 is 31.9. The maximum absolute atomic E-state index is 13.6. The number of benzene rings is 1. The Hall–Kier alpha value is -0.560. The summed E-state index contributed by atoms with van der Waals surface area (Å²) in [5.41, 5.74) is -0.329. The summed E-state index contributed by atoms with van der Waals surface area (Å²) in [4.78, 5) is 0. The van der Waals surface area contributed by atoms with Gasteiger partial charge in [0.05, 0.1) is 22.7 Å². The molecule has 0 bridgehead atoms. The van der Waals surface area contributed by atoms with Gasteiger partial charge in [-0.2, -0.15) is 0 Å². The molecule has 1 rings (SSSR count). The number of nitrogens with one attached hydrogen (secondary N) is 1. The molecule has 0 aromatic heterocycles. The Morgan fingerprint density at radius 3 is 2.82 bits per heavy atom. The van der Waals surface area contributed by atoms with Gasteiger partial charge < -0.3 is 15.2 Å². The molecule has 96 valence electrons. The third kappa shape index (κ3) is 3.99. The van der Waals surface area contributed by atoms with E-state index in [-0.39, 0.29) is 16.6 Å². The van der Waals surface area contributed by atoms with E-state index < -0.39 is 17.7 Å². The van der Waals surface area contributed by atoms with Crippen LogP contribution in [0.4, 0.5) is 8.78 Å².